The highest BCUT2D eigenvalue weighted by Crippen LogP contribution is 2.39. The minimum atomic E-state index is -4.73. The number of benzene rings is 3. The van der Waals surface area contributed by atoms with E-state index in [2.05, 4.69) is 35.3 Å². The number of urea groups is 1. The van der Waals surface area contributed by atoms with Crippen molar-refractivity contribution in [1.29, 1.82) is 0 Å². The molecule has 13 heteroatoms. The van der Waals surface area contributed by atoms with Crippen LogP contribution in [-0.4, -0.2) is 85.4 Å². The average Bonchev–Trinajstić information content (AvgIpc) is 3.30. The summed E-state index contributed by atoms with van der Waals surface area (Å²) < 4.78 is 41.7. The number of amides is 4. The van der Waals surface area contributed by atoms with Crippen molar-refractivity contribution < 1.29 is 27.6 Å². The summed E-state index contributed by atoms with van der Waals surface area (Å²) in [7, 11) is 4.00. The molecule has 3 heterocycles. The molecular weight excluding hydrogens is 705 g/mol. The van der Waals surface area contributed by atoms with Crippen LogP contribution >= 0.6 is 11.6 Å². The average molecular weight is 753 g/mol. The van der Waals surface area contributed by atoms with Crippen LogP contribution in [0.2, 0.25) is 5.02 Å². The number of anilines is 3. The number of fused-ring (bicyclic) bond motifs is 1. The fourth-order valence-corrected chi connectivity index (χ4v) is 8.37. The summed E-state index contributed by atoms with van der Waals surface area (Å²) in [6, 6.07) is 16.2. The van der Waals surface area contributed by atoms with Gasteiger partial charge in [0.1, 0.15) is 0 Å². The van der Waals surface area contributed by atoms with Gasteiger partial charge in [-0.3, -0.25) is 9.59 Å². The molecule has 2 saturated heterocycles. The molecule has 4 amide bonds. The summed E-state index contributed by atoms with van der Waals surface area (Å²) >= 11 is 6.17. The number of carbonyl (C=O) groups excluding carboxylic acids is 3. The second-order valence-corrected chi connectivity index (χ2v) is 15.2. The summed E-state index contributed by atoms with van der Waals surface area (Å²) in [5.41, 5.74) is 9.72. The number of aryl methyl sites for hydroxylation is 1. The number of alkyl halides is 3. The molecule has 0 saturated carbocycles. The monoisotopic (exact) mass is 752 g/mol. The lowest BCUT2D eigenvalue weighted by atomic mass is 9.85. The van der Waals surface area contributed by atoms with Gasteiger partial charge in [-0.05, 0) is 104 Å². The first-order chi connectivity index (χ1) is 25.2. The molecule has 3 N–H and O–H groups in total. The van der Waals surface area contributed by atoms with Crippen LogP contribution in [0.5, 0.6) is 0 Å². The molecule has 284 valence electrons. The van der Waals surface area contributed by atoms with Crippen molar-refractivity contribution in [2.75, 3.05) is 62.8 Å². The number of halogens is 4. The largest absolute Gasteiger partial charge is 0.418 e. The highest BCUT2D eigenvalue weighted by Gasteiger charge is 2.37. The van der Waals surface area contributed by atoms with Gasteiger partial charge in [-0.15, -0.1) is 0 Å². The predicted molar refractivity (Wildman–Crippen MR) is 202 cm³/mol. The zero-order valence-corrected chi connectivity index (χ0v) is 31.3. The maximum absolute atomic E-state index is 14.2. The molecule has 6 rings (SSSR count). The fraction of sp³-hybridized carbons (Fsp3) is 0.475. The number of nitrogens with zero attached hydrogens (tertiary/aromatic N) is 4. The van der Waals surface area contributed by atoms with Gasteiger partial charge in [0, 0.05) is 70.7 Å². The van der Waals surface area contributed by atoms with Gasteiger partial charge in [0.15, 0.2) is 0 Å². The molecule has 0 radical (unpaired) electrons. The molecule has 0 unspecified atom stereocenters. The van der Waals surface area contributed by atoms with Crippen molar-refractivity contribution in [3.05, 3.63) is 87.4 Å². The van der Waals surface area contributed by atoms with E-state index in [-0.39, 0.29) is 53.2 Å². The molecule has 2 fully saturated rings. The van der Waals surface area contributed by atoms with Gasteiger partial charge in [0.05, 0.1) is 22.2 Å². The molecule has 0 bridgehead atoms. The Hall–Kier alpha value is -4.45. The summed E-state index contributed by atoms with van der Waals surface area (Å²) in [4.78, 5) is 48.6. The van der Waals surface area contributed by atoms with E-state index in [0.717, 1.165) is 42.3 Å². The standard InChI is InChI=1S/C40H48ClF3N6O3/c1-25-20-31(47(2)3)8-9-32(25)27-10-15-49(16-11-27)38(52)29(21-26-22-33(40(42,43)44)37(45)34(41)23-26)24-36(51)48-17-13-30(14-18-48)50-19-12-28-6-4-5-7-35(28)46-39(50)53/h4-9,20,22-23,27,29-30H,10-19,21,24,45H2,1-3H3,(H,46,53)/t29-/m0/s1. The van der Waals surface area contributed by atoms with Crippen LogP contribution < -0.4 is 16.0 Å². The minimum Gasteiger partial charge on any atom is -0.397 e. The molecule has 0 spiro atoms. The quantitative estimate of drug-likeness (QED) is 0.235. The molecule has 3 aromatic rings. The Kier molecular flexibility index (Phi) is 11.5. The maximum Gasteiger partial charge on any atom is 0.418 e. The zero-order valence-electron chi connectivity index (χ0n) is 30.5. The number of carbonyl (C=O) groups is 3. The number of para-hydroxylation sites is 1. The number of piperidine rings is 2. The lowest BCUT2D eigenvalue weighted by molar-refractivity contribution is -0.142. The SMILES string of the molecule is Cc1cc(N(C)C)ccc1C1CCN(C(=O)[C@H](CC(=O)N2CCC(N3CCc4ccccc4NC3=O)CC2)Cc2cc(Cl)c(N)c(C(F)(F)F)c2)CC1. The highest BCUT2D eigenvalue weighted by molar-refractivity contribution is 6.33. The number of nitrogen functional groups attached to an aromatic ring is 1. The molecule has 3 aliphatic rings. The van der Waals surface area contributed by atoms with E-state index in [1.165, 1.54) is 17.2 Å². The van der Waals surface area contributed by atoms with E-state index in [1.807, 2.05) is 43.3 Å². The molecule has 0 aromatic heterocycles. The number of rotatable bonds is 8. The lowest BCUT2D eigenvalue weighted by Gasteiger charge is -2.39. The summed E-state index contributed by atoms with van der Waals surface area (Å²) in [6.07, 6.45) is -1.62. The Labute approximate surface area is 314 Å². The summed E-state index contributed by atoms with van der Waals surface area (Å²) in [5.74, 6) is -1.12. The Morgan fingerprint density at radius 1 is 0.962 bits per heavy atom. The molecular formula is C40H48ClF3N6O3. The van der Waals surface area contributed by atoms with Crippen LogP contribution in [0.3, 0.4) is 0 Å². The van der Waals surface area contributed by atoms with E-state index < -0.39 is 23.3 Å². The van der Waals surface area contributed by atoms with E-state index in [4.69, 9.17) is 17.3 Å². The Morgan fingerprint density at radius 2 is 1.64 bits per heavy atom. The molecule has 9 nitrogen and oxygen atoms in total. The third-order valence-corrected chi connectivity index (χ3v) is 11.5. The van der Waals surface area contributed by atoms with Gasteiger partial charge in [0.2, 0.25) is 11.8 Å². The first-order valence-electron chi connectivity index (χ1n) is 18.3. The van der Waals surface area contributed by atoms with Gasteiger partial charge in [0.25, 0.3) is 0 Å². The second-order valence-electron chi connectivity index (χ2n) is 14.8. The summed E-state index contributed by atoms with van der Waals surface area (Å²) in [6.45, 7) is 4.44. The molecule has 3 aliphatic heterocycles. The van der Waals surface area contributed by atoms with Gasteiger partial charge < -0.3 is 30.7 Å². The topological polar surface area (TPSA) is 102 Å². The van der Waals surface area contributed by atoms with Crippen LogP contribution in [0.25, 0.3) is 0 Å². The first kappa shape index (κ1) is 38.3. The number of nitrogens with one attached hydrogen (secondary N) is 1. The van der Waals surface area contributed by atoms with E-state index in [0.29, 0.717) is 45.6 Å². The van der Waals surface area contributed by atoms with Gasteiger partial charge in [-0.1, -0.05) is 35.9 Å². The van der Waals surface area contributed by atoms with Gasteiger partial charge >= 0.3 is 12.2 Å². The Balaban J connectivity index is 1.14. The minimum absolute atomic E-state index is 0.0486. The first-order valence-corrected chi connectivity index (χ1v) is 18.7. The van der Waals surface area contributed by atoms with Crippen LogP contribution in [0.4, 0.5) is 35.0 Å². The third-order valence-electron chi connectivity index (χ3n) is 11.2. The molecule has 0 aliphatic carbocycles. The Morgan fingerprint density at radius 3 is 2.30 bits per heavy atom. The molecule has 1 atom stereocenters. The van der Waals surface area contributed by atoms with E-state index >= 15 is 0 Å². The van der Waals surface area contributed by atoms with Gasteiger partial charge in [-0.2, -0.15) is 13.2 Å². The normalized spacial score (nSPS) is 17.9. The smallest absolute Gasteiger partial charge is 0.397 e. The van der Waals surface area contributed by atoms with Crippen LogP contribution in [0.1, 0.15) is 65.8 Å². The highest BCUT2D eigenvalue weighted by atomic mass is 35.5. The van der Waals surface area contributed by atoms with Crippen molar-refractivity contribution in [2.45, 2.75) is 70.0 Å². The number of nitrogens with two attached hydrogens (primary N) is 1. The van der Waals surface area contributed by atoms with Crippen molar-refractivity contribution in [3.8, 4) is 0 Å². The molecule has 53 heavy (non-hydrogen) atoms. The van der Waals surface area contributed by atoms with E-state index in [9.17, 15) is 27.6 Å². The molecule has 3 aromatic carbocycles. The van der Waals surface area contributed by atoms with Crippen molar-refractivity contribution >= 4 is 46.5 Å². The predicted octanol–water partition coefficient (Wildman–Crippen LogP) is 7.35. The second kappa shape index (κ2) is 15.9. The van der Waals surface area contributed by atoms with Crippen LogP contribution in [0.15, 0.2) is 54.6 Å². The van der Waals surface area contributed by atoms with Crippen molar-refractivity contribution in [3.63, 3.8) is 0 Å². The van der Waals surface area contributed by atoms with Crippen LogP contribution in [-0.2, 0) is 28.6 Å². The number of hydrogen-bond acceptors (Lipinski definition) is 5. The third kappa shape index (κ3) is 8.69. The fourth-order valence-electron chi connectivity index (χ4n) is 8.13. The maximum atomic E-state index is 14.2. The van der Waals surface area contributed by atoms with Crippen LogP contribution in [0, 0.1) is 12.8 Å². The Bertz CT molecular complexity index is 1840. The van der Waals surface area contributed by atoms with Crippen molar-refractivity contribution in [1.82, 2.24) is 14.7 Å². The zero-order chi connectivity index (χ0) is 38.0. The van der Waals surface area contributed by atoms with Crippen molar-refractivity contribution in [2.24, 2.45) is 5.92 Å². The summed E-state index contributed by atoms with van der Waals surface area (Å²) in [5, 5.41) is 2.77. The number of hydrogen-bond donors (Lipinski definition) is 2. The van der Waals surface area contributed by atoms with E-state index in [1.54, 1.807) is 9.80 Å². The number of likely N-dealkylation sites (tertiary alicyclic amines) is 2. The van der Waals surface area contributed by atoms with Gasteiger partial charge in [-0.25, -0.2) is 4.79 Å². The lowest BCUT2D eigenvalue weighted by Crippen LogP contribution is -2.50.